The van der Waals surface area contributed by atoms with E-state index in [2.05, 4.69) is 27.6 Å². The summed E-state index contributed by atoms with van der Waals surface area (Å²) in [5.74, 6) is -0.444. The highest BCUT2D eigenvalue weighted by molar-refractivity contribution is 7.15. The van der Waals surface area contributed by atoms with E-state index in [9.17, 15) is 14.9 Å². The number of benzene rings is 2. The second kappa shape index (κ2) is 8.30. The minimum atomic E-state index is -0.535. The Morgan fingerprint density at radius 3 is 2.65 bits per heavy atom. The molecule has 0 aliphatic rings. The largest absolute Gasteiger partial charge is 0.296 e. The highest BCUT2D eigenvalue weighted by atomic mass is 32.1. The van der Waals surface area contributed by atoms with E-state index in [0.29, 0.717) is 5.13 Å². The lowest BCUT2D eigenvalue weighted by Crippen LogP contribution is -2.11. The lowest BCUT2D eigenvalue weighted by molar-refractivity contribution is -0.384. The van der Waals surface area contributed by atoms with Crippen molar-refractivity contribution >= 4 is 28.1 Å². The molecule has 1 aromatic heterocycles. The second-order valence-electron chi connectivity index (χ2n) is 5.60. The lowest BCUT2D eigenvalue weighted by Gasteiger charge is -2.01. The standard InChI is InChI=1S/C18H16N4O3S/c23-17(14-9-5-10-15(12-14)22(24)25)19-18-21-20-16(26-18)11-4-8-13-6-2-1-3-7-13/h1-3,5-7,9-10,12H,4,8,11H2,(H,19,21,23). The second-order valence-corrected chi connectivity index (χ2v) is 6.66. The van der Waals surface area contributed by atoms with Gasteiger partial charge in [0.15, 0.2) is 0 Å². The van der Waals surface area contributed by atoms with Crippen LogP contribution in [0.4, 0.5) is 10.8 Å². The van der Waals surface area contributed by atoms with Gasteiger partial charge in [-0.25, -0.2) is 0 Å². The van der Waals surface area contributed by atoms with Crippen molar-refractivity contribution in [1.29, 1.82) is 0 Å². The van der Waals surface area contributed by atoms with Gasteiger partial charge in [0.05, 0.1) is 4.92 Å². The number of carbonyl (C=O) groups excluding carboxylic acids is 1. The quantitative estimate of drug-likeness (QED) is 0.504. The third-order valence-corrected chi connectivity index (χ3v) is 4.60. The minimum Gasteiger partial charge on any atom is -0.296 e. The number of carbonyl (C=O) groups is 1. The van der Waals surface area contributed by atoms with Gasteiger partial charge >= 0.3 is 0 Å². The van der Waals surface area contributed by atoms with Gasteiger partial charge in [-0.05, 0) is 24.5 Å². The molecule has 7 nitrogen and oxygen atoms in total. The molecule has 0 unspecified atom stereocenters. The van der Waals surface area contributed by atoms with Gasteiger partial charge in [-0.3, -0.25) is 20.2 Å². The van der Waals surface area contributed by atoms with Gasteiger partial charge in [0.1, 0.15) is 5.01 Å². The van der Waals surface area contributed by atoms with Gasteiger partial charge < -0.3 is 0 Å². The zero-order valence-corrected chi connectivity index (χ0v) is 14.6. The summed E-state index contributed by atoms with van der Waals surface area (Å²) in [6.45, 7) is 0. The minimum absolute atomic E-state index is 0.128. The van der Waals surface area contributed by atoms with E-state index in [0.717, 1.165) is 24.3 Å². The fraction of sp³-hybridized carbons (Fsp3) is 0.167. The fourth-order valence-electron chi connectivity index (χ4n) is 2.42. The molecule has 0 aliphatic heterocycles. The van der Waals surface area contributed by atoms with Crippen molar-refractivity contribution in [1.82, 2.24) is 10.2 Å². The van der Waals surface area contributed by atoms with Crippen LogP contribution < -0.4 is 5.32 Å². The van der Waals surface area contributed by atoms with E-state index in [1.54, 1.807) is 0 Å². The number of rotatable bonds is 7. The van der Waals surface area contributed by atoms with Gasteiger partial charge in [0.2, 0.25) is 5.13 Å². The lowest BCUT2D eigenvalue weighted by atomic mass is 10.1. The SMILES string of the molecule is O=C(Nc1nnc(CCCc2ccccc2)s1)c1cccc([N+](=O)[O-])c1. The predicted octanol–water partition coefficient (Wildman–Crippen LogP) is 3.87. The van der Waals surface area contributed by atoms with Crippen molar-refractivity contribution in [2.24, 2.45) is 0 Å². The monoisotopic (exact) mass is 368 g/mol. The molecule has 8 heteroatoms. The number of hydrogen-bond acceptors (Lipinski definition) is 6. The molecule has 0 saturated carbocycles. The molecular weight excluding hydrogens is 352 g/mol. The van der Waals surface area contributed by atoms with Crippen molar-refractivity contribution in [3.63, 3.8) is 0 Å². The van der Waals surface area contributed by atoms with Gasteiger partial charge in [-0.1, -0.05) is 47.7 Å². The number of anilines is 1. The smallest absolute Gasteiger partial charge is 0.270 e. The number of nitrogens with one attached hydrogen (secondary N) is 1. The summed E-state index contributed by atoms with van der Waals surface area (Å²) in [6, 6.07) is 15.8. The summed E-state index contributed by atoms with van der Waals surface area (Å²) in [5, 5.41) is 22.7. The third-order valence-electron chi connectivity index (χ3n) is 3.71. The molecule has 0 saturated heterocycles. The first-order chi connectivity index (χ1) is 12.6. The Labute approximate surface area is 153 Å². The van der Waals surface area contributed by atoms with Crippen molar-refractivity contribution in [2.45, 2.75) is 19.3 Å². The summed E-state index contributed by atoms with van der Waals surface area (Å²) >= 11 is 1.31. The summed E-state index contributed by atoms with van der Waals surface area (Å²) < 4.78 is 0. The Bertz CT molecular complexity index is 912. The third kappa shape index (κ3) is 4.70. The van der Waals surface area contributed by atoms with E-state index >= 15 is 0 Å². The molecule has 0 radical (unpaired) electrons. The van der Waals surface area contributed by atoms with Crippen molar-refractivity contribution in [3.8, 4) is 0 Å². The van der Waals surface area contributed by atoms with Crippen molar-refractivity contribution in [2.75, 3.05) is 5.32 Å². The van der Waals surface area contributed by atoms with Crippen LogP contribution in [-0.4, -0.2) is 21.0 Å². The van der Waals surface area contributed by atoms with Crippen LogP contribution in [0, 0.1) is 10.1 Å². The number of aromatic nitrogens is 2. The highest BCUT2D eigenvalue weighted by Crippen LogP contribution is 2.19. The van der Waals surface area contributed by atoms with Gasteiger partial charge in [-0.15, -0.1) is 10.2 Å². The Morgan fingerprint density at radius 1 is 1.08 bits per heavy atom. The molecule has 0 aliphatic carbocycles. The zero-order chi connectivity index (χ0) is 18.4. The summed E-state index contributed by atoms with van der Waals surface area (Å²) in [4.78, 5) is 22.5. The topological polar surface area (TPSA) is 98.0 Å². The van der Waals surface area contributed by atoms with E-state index in [4.69, 9.17) is 0 Å². The number of nitrogens with zero attached hydrogens (tertiary/aromatic N) is 3. The van der Waals surface area contributed by atoms with E-state index < -0.39 is 10.8 Å². The normalized spacial score (nSPS) is 10.5. The van der Waals surface area contributed by atoms with E-state index in [1.165, 1.54) is 41.2 Å². The van der Waals surface area contributed by atoms with Crippen LogP contribution in [0.3, 0.4) is 0 Å². The molecule has 132 valence electrons. The Balaban J connectivity index is 1.55. The van der Waals surface area contributed by atoms with Crippen molar-refractivity contribution < 1.29 is 9.72 Å². The van der Waals surface area contributed by atoms with Gasteiger partial charge in [0, 0.05) is 24.1 Å². The summed E-state index contributed by atoms with van der Waals surface area (Å²) in [6.07, 6.45) is 2.67. The zero-order valence-electron chi connectivity index (χ0n) is 13.8. The van der Waals surface area contributed by atoms with Crippen LogP contribution in [0.15, 0.2) is 54.6 Å². The van der Waals surface area contributed by atoms with Crippen LogP contribution >= 0.6 is 11.3 Å². The molecule has 0 spiro atoms. The van der Waals surface area contributed by atoms with Crippen LogP contribution in [0.25, 0.3) is 0 Å². The maximum atomic E-state index is 12.2. The molecule has 1 N–H and O–H groups in total. The average Bonchev–Trinajstić information content (AvgIpc) is 3.10. The number of aryl methyl sites for hydroxylation is 2. The fourth-order valence-corrected chi connectivity index (χ4v) is 3.20. The van der Waals surface area contributed by atoms with Crippen LogP contribution in [0.2, 0.25) is 0 Å². The van der Waals surface area contributed by atoms with E-state index in [1.807, 2.05) is 18.2 Å². The summed E-state index contributed by atoms with van der Waals surface area (Å²) in [5.41, 5.74) is 1.35. The molecule has 1 heterocycles. The predicted molar refractivity (Wildman–Crippen MR) is 99.4 cm³/mol. The van der Waals surface area contributed by atoms with Crippen LogP contribution in [0.5, 0.6) is 0 Å². The molecule has 2 aromatic carbocycles. The molecule has 26 heavy (non-hydrogen) atoms. The first-order valence-electron chi connectivity index (χ1n) is 8.04. The first-order valence-corrected chi connectivity index (χ1v) is 8.85. The number of nitro benzene ring substituents is 1. The first kappa shape index (κ1) is 17.7. The number of amides is 1. The van der Waals surface area contributed by atoms with Crippen molar-refractivity contribution in [3.05, 3.63) is 80.8 Å². The number of hydrogen-bond donors (Lipinski definition) is 1. The van der Waals surface area contributed by atoms with Gasteiger partial charge in [0.25, 0.3) is 11.6 Å². The number of non-ortho nitro benzene ring substituents is 1. The molecule has 0 atom stereocenters. The molecule has 3 rings (SSSR count). The molecule has 1 amide bonds. The average molecular weight is 368 g/mol. The van der Waals surface area contributed by atoms with Crippen LogP contribution in [-0.2, 0) is 12.8 Å². The molecule has 0 bridgehead atoms. The maximum Gasteiger partial charge on any atom is 0.270 e. The highest BCUT2D eigenvalue weighted by Gasteiger charge is 2.13. The van der Waals surface area contributed by atoms with E-state index in [-0.39, 0.29) is 11.3 Å². The molecule has 0 fully saturated rings. The Morgan fingerprint density at radius 2 is 1.88 bits per heavy atom. The Kier molecular flexibility index (Phi) is 5.65. The maximum absolute atomic E-state index is 12.2. The van der Waals surface area contributed by atoms with Gasteiger partial charge in [-0.2, -0.15) is 0 Å². The Hall–Kier alpha value is -3.13. The van der Waals surface area contributed by atoms with Crippen LogP contribution in [0.1, 0.15) is 27.3 Å². The summed E-state index contributed by atoms with van der Waals surface area (Å²) in [7, 11) is 0. The number of nitro groups is 1. The molecular formula is C18H16N4O3S. The molecule has 3 aromatic rings.